The maximum Gasteiger partial charge on any atom is 0.259 e. The first-order valence-corrected chi connectivity index (χ1v) is 22.0. The summed E-state index contributed by atoms with van der Waals surface area (Å²) in [5, 5.41) is 18.8. The Labute approximate surface area is 374 Å². The molecule has 0 saturated carbocycles. The van der Waals surface area contributed by atoms with Crippen molar-refractivity contribution in [3.8, 4) is 23.6 Å². The van der Waals surface area contributed by atoms with Crippen molar-refractivity contribution >= 4 is 31.3 Å². The van der Waals surface area contributed by atoms with Gasteiger partial charge in [0.05, 0.1) is 58.7 Å². The summed E-state index contributed by atoms with van der Waals surface area (Å²) in [5.74, 6) is 1.01. The van der Waals surface area contributed by atoms with Crippen molar-refractivity contribution in [1.29, 1.82) is 10.5 Å². The molecule has 6 atom stereocenters. The van der Waals surface area contributed by atoms with Crippen LogP contribution in [0.1, 0.15) is 70.4 Å². The molecule has 1 aliphatic rings. The van der Waals surface area contributed by atoms with Crippen molar-refractivity contribution in [3.05, 3.63) is 108 Å². The topological polar surface area (TPSA) is 211 Å². The monoisotopic (exact) mass is 894 g/mol. The number of benzene rings is 3. The molecule has 5 aromatic rings. The Morgan fingerprint density at radius 3 is 2.02 bits per heavy atom. The van der Waals surface area contributed by atoms with E-state index in [4.69, 9.17) is 43.2 Å². The Balaban J connectivity index is 1.59. The van der Waals surface area contributed by atoms with Crippen molar-refractivity contribution in [3.63, 3.8) is 0 Å². The van der Waals surface area contributed by atoms with Crippen molar-refractivity contribution in [2.24, 2.45) is 0 Å². The summed E-state index contributed by atoms with van der Waals surface area (Å²) >= 11 is 0. The molecule has 0 bridgehead atoms. The number of nitrogens with zero attached hydrogens (tertiary/aromatic N) is 7. The third kappa shape index (κ3) is 10.5. The molecule has 0 radical (unpaired) electrons. The molecule has 0 spiro atoms. The lowest BCUT2D eigenvalue weighted by molar-refractivity contribution is -0.163. The highest BCUT2D eigenvalue weighted by Crippen LogP contribution is 2.52. The highest BCUT2D eigenvalue weighted by molar-refractivity contribution is 7.44. The summed E-state index contributed by atoms with van der Waals surface area (Å²) in [6.45, 7) is 9.44. The van der Waals surface area contributed by atoms with Gasteiger partial charge < -0.3 is 43.2 Å². The minimum Gasteiger partial charge on any atom is -0.497 e. The predicted octanol–water partition coefficient (Wildman–Crippen LogP) is 7.22. The minimum absolute atomic E-state index is 0.0731. The van der Waals surface area contributed by atoms with E-state index in [9.17, 15) is 15.3 Å². The van der Waals surface area contributed by atoms with Crippen LogP contribution in [0, 0.1) is 22.7 Å². The zero-order valence-electron chi connectivity index (χ0n) is 37.1. The molecule has 338 valence electrons. The van der Waals surface area contributed by atoms with Gasteiger partial charge in [-0.2, -0.15) is 10.5 Å². The van der Waals surface area contributed by atoms with Crippen LogP contribution in [-0.4, -0.2) is 101 Å². The second-order valence-electron chi connectivity index (χ2n) is 15.4. The van der Waals surface area contributed by atoms with Crippen molar-refractivity contribution in [1.82, 2.24) is 24.2 Å². The Morgan fingerprint density at radius 2 is 1.45 bits per heavy atom. The number of carbonyl (C=O) groups excluding carboxylic acids is 1. The van der Waals surface area contributed by atoms with Crippen LogP contribution in [0.25, 0.3) is 11.2 Å². The summed E-state index contributed by atoms with van der Waals surface area (Å²) in [6.07, 6.45) is -2.76. The molecule has 2 unspecified atom stereocenters. The average Bonchev–Trinajstić information content (AvgIpc) is 3.89. The van der Waals surface area contributed by atoms with Crippen LogP contribution in [0.15, 0.2) is 91.5 Å². The van der Waals surface area contributed by atoms with Crippen LogP contribution >= 0.6 is 8.53 Å². The van der Waals surface area contributed by atoms with E-state index in [2.05, 4.69) is 31.8 Å². The maximum atomic E-state index is 14.7. The molecule has 18 heteroatoms. The summed E-state index contributed by atoms with van der Waals surface area (Å²) in [4.78, 5) is 27.8. The normalized spacial score (nSPS) is 18.6. The average molecular weight is 895 g/mol. The number of aromatic nitrogens is 4. The number of rotatable bonds is 23. The number of anilines is 1. The van der Waals surface area contributed by atoms with Gasteiger partial charge in [-0.1, -0.05) is 54.6 Å². The number of ether oxygens (including phenoxy) is 6. The van der Waals surface area contributed by atoms with E-state index in [0.29, 0.717) is 39.4 Å². The Bertz CT molecular complexity index is 2300. The quantitative estimate of drug-likeness (QED) is 0.0297. The van der Waals surface area contributed by atoms with Gasteiger partial charge in [-0.15, -0.1) is 0 Å². The number of ketones is 1. The Hall–Kier alpha value is -5.59. The maximum absolute atomic E-state index is 14.7. The molecule has 0 aliphatic carbocycles. The van der Waals surface area contributed by atoms with Gasteiger partial charge >= 0.3 is 0 Å². The Morgan fingerprint density at radius 1 is 0.859 bits per heavy atom. The fraction of sp³-hybridized carbons (Fsp3) is 0.435. The van der Waals surface area contributed by atoms with Crippen LogP contribution in [-0.2, 0) is 38.4 Å². The SMILES string of the molecule is COc1ccc(C(OC(C(C)=O)[C@H]2O[C@@H](n3cnc4c(N)ncnc43)[C@H](OCOCCC#N)[C@@H]2OP(OCCC#N)N(C(C)C)C(C)C)(c2ccccc2)c2ccc(OC)cc2)cc1. The van der Waals surface area contributed by atoms with Gasteiger partial charge in [0.15, 0.2) is 23.5 Å². The number of fused-ring (bicyclic) bond motifs is 1. The van der Waals surface area contributed by atoms with Gasteiger partial charge in [-0.25, -0.2) is 19.6 Å². The van der Waals surface area contributed by atoms with Crippen LogP contribution in [0.3, 0.4) is 0 Å². The van der Waals surface area contributed by atoms with E-state index < -0.39 is 44.8 Å². The molecular formula is C46H55N8O9P. The largest absolute Gasteiger partial charge is 0.497 e. The molecule has 3 heterocycles. The number of imidazole rings is 1. The van der Waals surface area contributed by atoms with E-state index in [1.165, 1.54) is 19.6 Å². The molecule has 2 N–H and O–H groups in total. The molecule has 3 aromatic carbocycles. The molecule has 2 aromatic heterocycles. The van der Waals surface area contributed by atoms with E-state index in [1.54, 1.807) is 18.8 Å². The Kier molecular flexibility index (Phi) is 16.7. The number of carbonyl (C=O) groups is 1. The first-order valence-electron chi connectivity index (χ1n) is 20.9. The van der Waals surface area contributed by atoms with E-state index in [-0.39, 0.29) is 56.5 Å². The summed E-state index contributed by atoms with van der Waals surface area (Å²) in [7, 11) is 1.22. The van der Waals surface area contributed by atoms with Gasteiger partial charge in [0.1, 0.15) is 60.2 Å². The molecule has 1 aliphatic heterocycles. The number of nitrogen functional groups attached to an aromatic ring is 1. The smallest absolute Gasteiger partial charge is 0.259 e. The first kappa shape index (κ1) is 47.9. The second-order valence-corrected chi connectivity index (χ2v) is 16.8. The van der Waals surface area contributed by atoms with Gasteiger partial charge in [0.2, 0.25) is 0 Å². The molecular weight excluding hydrogens is 840 g/mol. The van der Waals surface area contributed by atoms with E-state index in [1.807, 2.05) is 107 Å². The second kappa shape index (κ2) is 22.3. The van der Waals surface area contributed by atoms with Crippen molar-refractivity contribution < 1.29 is 42.3 Å². The third-order valence-corrected chi connectivity index (χ3v) is 12.8. The molecule has 64 heavy (non-hydrogen) atoms. The van der Waals surface area contributed by atoms with Crippen molar-refractivity contribution in [2.75, 3.05) is 40.0 Å². The minimum atomic E-state index is -1.97. The van der Waals surface area contributed by atoms with Crippen LogP contribution in [0.5, 0.6) is 11.5 Å². The number of hydrogen-bond acceptors (Lipinski definition) is 16. The molecule has 17 nitrogen and oxygen atoms in total. The standard InChI is InChI=1S/C46H55N8O9P/c1-30(2)54(31(3)4)64(60-26-12-24-48)63-41-40(61-45(42(41)59-29-58-25-11-23-47)53-28-52-38-43(49)50-27-51-44(38)53)39(32(5)55)62-46(33-13-9-8-10-14-33,34-15-19-36(56-6)20-16-34)35-17-21-37(57-7)22-18-35/h8-10,13-22,27-28,30-31,39-42,45H,11-12,25-26,29H2,1-7H3,(H2,49,50,51)/t39?,40-,41-,42-,45-,64?/m1/s1. The van der Waals surface area contributed by atoms with Gasteiger partial charge in [-0.3, -0.25) is 9.36 Å². The summed E-state index contributed by atoms with van der Waals surface area (Å²) < 4.78 is 55.5. The lowest BCUT2D eigenvalue weighted by atomic mass is 9.79. The number of hydrogen-bond donors (Lipinski definition) is 1. The summed E-state index contributed by atoms with van der Waals surface area (Å²) in [5.41, 5.74) is 7.54. The van der Waals surface area contributed by atoms with Crippen molar-refractivity contribution in [2.45, 2.75) is 95.8 Å². The van der Waals surface area contributed by atoms with Gasteiger partial charge in [0.25, 0.3) is 8.53 Å². The van der Waals surface area contributed by atoms with Crippen LogP contribution in [0.4, 0.5) is 5.82 Å². The number of Topliss-reactive ketones (excluding diaryl/α,β-unsaturated/α-hetero) is 1. The number of nitriles is 2. The molecule has 6 rings (SSSR count). The third-order valence-electron chi connectivity index (χ3n) is 10.6. The van der Waals surface area contributed by atoms with Crippen LogP contribution in [0.2, 0.25) is 0 Å². The molecule has 1 saturated heterocycles. The highest BCUT2D eigenvalue weighted by Gasteiger charge is 2.56. The number of nitrogens with two attached hydrogens (primary N) is 1. The van der Waals surface area contributed by atoms with Crippen LogP contribution < -0.4 is 15.2 Å². The van der Waals surface area contributed by atoms with E-state index in [0.717, 1.165) is 0 Å². The zero-order valence-corrected chi connectivity index (χ0v) is 38.0. The van der Waals surface area contributed by atoms with E-state index >= 15 is 0 Å². The first-order chi connectivity index (χ1) is 31.0. The number of methoxy groups -OCH3 is 2. The summed E-state index contributed by atoms with van der Waals surface area (Å²) in [6, 6.07) is 28.6. The molecule has 1 fully saturated rings. The van der Waals surface area contributed by atoms with Gasteiger partial charge in [0, 0.05) is 12.1 Å². The fourth-order valence-electron chi connectivity index (χ4n) is 7.79. The molecule has 0 amide bonds. The predicted molar refractivity (Wildman–Crippen MR) is 238 cm³/mol. The zero-order chi connectivity index (χ0) is 45.8. The lowest BCUT2D eigenvalue weighted by Gasteiger charge is -2.41. The fourth-order valence-corrected chi connectivity index (χ4v) is 9.54. The lowest BCUT2D eigenvalue weighted by Crippen LogP contribution is -2.50. The highest BCUT2D eigenvalue weighted by atomic mass is 31.2. The van der Waals surface area contributed by atoms with Gasteiger partial charge in [-0.05, 0) is 75.6 Å².